The second-order valence-electron chi connectivity index (χ2n) is 5.56. The number of anilines is 2. The lowest BCUT2D eigenvalue weighted by Crippen LogP contribution is -2.30. The Bertz CT molecular complexity index is 979. The maximum Gasteiger partial charge on any atom is 0.341 e. The maximum absolute atomic E-state index is 12.4. The van der Waals surface area contributed by atoms with Crippen LogP contribution in [0.15, 0.2) is 42.5 Å². The zero-order valence-electron chi connectivity index (χ0n) is 14.3. The van der Waals surface area contributed by atoms with Crippen LogP contribution in [0.5, 0.6) is 0 Å². The van der Waals surface area contributed by atoms with Crippen molar-refractivity contribution in [3.8, 4) is 0 Å². The largest absolute Gasteiger partial charge is 0.449 e. The van der Waals surface area contributed by atoms with Gasteiger partial charge in [-0.25, -0.2) is 13.2 Å². The normalized spacial score (nSPS) is 12.1. The van der Waals surface area contributed by atoms with Gasteiger partial charge in [0, 0.05) is 0 Å². The fourth-order valence-corrected chi connectivity index (χ4v) is 2.99. The molecule has 0 radical (unpaired) electrons. The second kappa shape index (κ2) is 8.60. The van der Waals surface area contributed by atoms with Crippen LogP contribution in [0.3, 0.4) is 0 Å². The molecule has 10 heteroatoms. The van der Waals surface area contributed by atoms with Crippen LogP contribution in [0.1, 0.15) is 17.3 Å². The summed E-state index contributed by atoms with van der Waals surface area (Å²) in [5.41, 5.74) is 0.301. The van der Waals surface area contributed by atoms with Gasteiger partial charge in [-0.15, -0.1) is 0 Å². The van der Waals surface area contributed by atoms with Crippen LogP contribution in [0.4, 0.5) is 11.4 Å². The predicted molar refractivity (Wildman–Crippen MR) is 105 cm³/mol. The number of carbonyl (C=O) groups is 2. The first-order valence-electron chi connectivity index (χ1n) is 7.61. The molecule has 0 aliphatic heterocycles. The van der Waals surface area contributed by atoms with Crippen molar-refractivity contribution < 1.29 is 22.7 Å². The van der Waals surface area contributed by atoms with Gasteiger partial charge in [0.15, 0.2) is 6.10 Å². The third-order valence-electron chi connectivity index (χ3n) is 3.30. The number of hydrogen-bond donors (Lipinski definition) is 2. The summed E-state index contributed by atoms with van der Waals surface area (Å²) < 4.78 is 30.2. The number of rotatable bonds is 6. The van der Waals surface area contributed by atoms with Crippen LogP contribution in [0.25, 0.3) is 0 Å². The lowest BCUT2D eigenvalue weighted by molar-refractivity contribution is -0.123. The van der Waals surface area contributed by atoms with Crippen molar-refractivity contribution in [3.05, 3.63) is 58.1 Å². The summed E-state index contributed by atoms with van der Waals surface area (Å²) in [5.74, 6) is -1.48. The first-order chi connectivity index (χ1) is 12.6. The number of sulfonamides is 1. The van der Waals surface area contributed by atoms with Crippen LogP contribution >= 0.6 is 23.2 Å². The number of para-hydroxylation sites is 1. The zero-order valence-corrected chi connectivity index (χ0v) is 16.7. The molecule has 1 amide bonds. The summed E-state index contributed by atoms with van der Waals surface area (Å²) >= 11 is 11.9. The molecule has 2 rings (SSSR count). The van der Waals surface area contributed by atoms with E-state index in [0.29, 0.717) is 0 Å². The Hall–Kier alpha value is -2.29. The first-order valence-corrected chi connectivity index (χ1v) is 10.3. The molecular formula is C17H16Cl2N2O5S. The van der Waals surface area contributed by atoms with Gasteiger partial charge in [0.25, 0.3) is 5.91 Å². The monoisotopic (exact) mass is 430 g/mol. The van der Waals surface area contributed by atoms with Crippen molar-refractivity contribution in [3.63, 3.8) is 0 Å². The van der Waals surface area contributed by atoms with Gasteiger partial charge in [-0.05, 0) is 31.2 Å². The summed E-state index contributed by atoms with van der Waals surface area (Å²) in [4.78, 5) is 24.6. The second-order valence-corrected chi connectivity index (χ2v) is 8.09. The van der Waals surface area contributed by atoms with Gasteiger partial charge in [-0.1, -0.05) is 41.4 Å². The van der Waals surface area contributed by atoms with Crippen molar-refractivity contribution in [2.24, 2.45) is 0 Å². The van der Waals surface area contributed by atoms with E-state index >= 15 is 0 Å². The molecule has 0 bridgehead atoms. The maximum atomic E-state index is 12.4. The minimum Gasteiger partial charge on any atom is -0.449 e. The molecule has 0 saturated carbocycles. The van der Waals surface area contributed by atoms with Crippen LogP contribution in [-0.2, 0) is 19.6 Å². The van der Waals surface area contributed by atoms with Crippen molar-refractivity contribution in [2.45, 2.75) is 13.0 Å². The fourth-order valence-electron chi connectivity index (χ4n) is 2.06. The summed E-state index contributed by atoms with van der Waals surface area (Å²) in [6.07, 6.45) is -0.209. The highest BCUT2D eigenvalue weighted by Crippen LogP contribution is 2.29. The Kier molecular flexibility index (Phi) is 6.69. The van der Waals surface area contributed by atoms with E-state index in [9.17, 15) is 18.0 Å². The number of nitrogens with one attached hydrogen (secondary N) is 2. The number of esters is 1. The molecule has 27 heavy (non-hydrogen) atoms. The molecule has 7 nitrogen and oxygen atoms in total. The molecule has 0 saturated heterocycles. The van der Waals surface area contributed by atoms with E-state index < -0.39 is 28.0 Å². The van der Waals surface area contributed by atoms with Gasteiger partial charge >= 0.3 is 5.97 Å². The van der Waals surface area contributed by atoms with Crippen LogP contribution in [-0.4, -0.2) is 32.7 Å². The fraction of sp³-hybridized carbons (Fsp3) is 0.176. The van der Waals surface area contributed by atoms with Gasteiger partial charge in [-0.2, -0.15) is 0 Å². The quantitative estimate of drug-likeness (QED) is 0.682. The molecule has 2 aromatic rings. The van der Waals surface area contributed by atoms with Gasteiger partial charge in [0.05, 0.1) is 33.2 Å². The molecule has 0 aliphatic carbocycles. The average molecular weight is 431 g/mol. The number of benzene rings is 2. The smallest absolute Gasteiger partial charge is 0.341 e. The summed E-state index contributed by atoms with van der Waals surface area (Å²) in [7, 11) is -3.59. The zero-order chi connectivity index (χ0) is 20.2. The molecule has 144 valence electrons. The standard InChI is InChI=1S/C17H16Cl2N2O5S/c1-10(16(22)20-14-9-5-7-12(18)15(14)19)26-17(23)11-6-3-4-8-13(11)21-27(2,24)25/h3-10,21H,1-2H3,(H,20,22). The molecule has 0 aromatic heterocycles. The van der Waals surface area contributed by atoms with Crippen molar-refractivity contribution in [2.75, 3.05) is 16.3 Å². The number of amides is 1. The molecular weight excluding hydrogens is 415 g/mol. The first kappa shape index (κ1) is 21.0. The van der Waals surface area contributed by atoms with Crippen LogP contribution in [0, 0.1) is 0 Å². The lowest BCUT2D eigenvalue weighted by Gasteiger charge is -2.16. The topological polar surface area (TPSA) is 102 Å². The van der Waals surface area contributed by atoms with E-state index in [1.165, 1.54) is 19.1 Å². The Morgan fingerprint density at radius 3 is 2.33 bits per heavy atom. The van der Waals surface area contributed by atoms with Crippen molar-refractivity contribution in [1.82, 2.24) is 0 Å². The highest BCUT2D eigenvalue weighted by Gasteiger charge is 2.22. The van der Waals surface area contributed by atoms with Crippen LogP contribution < -0.4 is 10.0 Å². The molecule has 0 spiro atoms. The predicted octanol–water partition coefficient (Wildman–Crippen LogP) is 3.55. The van der Waals surface area contributed by atoms with Gasteiger partial charge < -0.3 is 10.1 Å². The highest BCUT2D eigenvalue weighted by atomic mass is 35.5. The third kappa shape index (κ3) is 5.85. The van der Waals surface area contributed by atoms with E-state index in [0.717, 1.165) is 6.26 Å². The number of hydrogen-bond acceptors (Lipinski definition) is 5. The molecule has 1 unspecified atom stereocenters. The van der Waals surface area contributed by atoms with Gasteiger partial charge in [0.2, 0.25) is 10.0 Å². The Morgan fingerprint density at radius 1 is 1.04 bits per heavy atom. The number of ether oxygens (including phenoxy) is 1. The molecule has 2 aromatic carbocycles. The van der Waals surface area contributed by atoms with E-state index in [4.69, 9.17) is 27.9 Å². The Balaban J connectivity index is 2.11. The Labute approximate surface area is 166 Å². The van der Waals surface area contributed by atoms with Crippen molar-refractivity contribution >= 4 is 56.5 Å². The average Bonchev–Trinajstić information content (AvgIpc) is 2.57. The summed E-state index contributed by atoms with van der Waals surface area (Å²) in [6, 6.07) is 10.6. The SMILES string of the molecule is CC(OC(=O)c1ccccc1NS(C)(=O)=O)C(=O)Nc1cccc(Cl)c1Cl. The van der Waals surface area contributed by atoms with E-state index in [1.807, 2.05) is 0 Å². The molecule has 0 aliphatic rings. The molecule has 0 fully saturated rings. The molecule has 0 heterocycles. The lowest BCUT2D eigenvalue weighted by atomic mass is 10.2. The van der Waals surface area contributed by atoms with Crippen molar-refractivity contribution in [1.29, 1.82) is 0 Å². The van der Waals surface area contributed by atoms with Gasteiger partial charge in [-0.3, -0.25) is 9.52 Å². The third-order valence-corrected chi connectivity index (χ3v) is 4.71. The van der Waals surface area contributed by atoms with E-state index in [-0.39, 0.29) is 27.0 Å². The minimum absolute atomic E-state index is 0.0247. The minimum atomic E-state index is -3.59. The highest BCUT2D eigenvalue weighted by molar-refractivity contribution is 7.92. The van der Waals surface area contributed by atoms with Gasteiger partial charge in [0.1, 0.15) is 0 Å². The number of halogens is 2. The number of carbonyl (C=O) groups excluding carboxylic acids is 2. The van der Waals surface area contributed by atoms with E-state index in [2.05, 4.69) is 10.0 Å². The van der Waals surface area contributed by atoms with Crippen LogP contribution in [0.2, 0.25) is 10.0 Å². The summed E-state index contributed by atoms with van der Waals surface area (Å²) in [5, 5.41) is 2.94. The summed E-state index contributed by atoms with van der Waals surface area (Å²) in [6.45, 7) is 1.37. The van der Waals surface area contributed by atoms with E-state index in [1.54, 1.807) is 30.3 Å². The molecule has 1 atom stereocenters. The molecule has 2 N–H and O–H groups in total. The Morgan fingerprint density at radius 2 is 1.67 bits per heavy atom.